The molecule has 1 atom stereocenters. The topological polar surface area (TPSA) is 15.3 Å². The summed E-state index contributed by atoms with van der Waals surface area (Å²) in [5, 5.41) is 2.74. The first-order valence-corrected chi connectivity index (χ1v) is 4.30. The molecule has 0 aliphatic rings. The van der Waals surface area contributed by atoms with E-state index in [4.69, 9.17) is 0 Å². The minimum Gasteiger partial charge on any atom is -0.303 e. The second-order valence-corrected chi connectivity index (χ2v) is 2.60. The fourth-order valence-electron chi connectivity index (χ4n) is 0.961. The lowest BCUT2D eigenvalue weighted by Gasteiger charge is -2.18. The lowest BCUT2D eigenvalue weighted by molar-refractivity contribution is 0.256. The summed E-state index contributed by atoms with van der Waals surface area (Å²) in [5.41, 5.74) is 0. The first-order valence-electron chi connectivity index (χ1n) is 4.30. The van der Waals surface area contributed by atoms with Crippen LogP contribution < -0.4 is 5.32 Å². The van der Waals surface area contributed by atoms with Crippen LogP contribution in [0.3, 0.4) is 0 Å². The number of likely N-dealkylation sites (N-methyl/N-ethyl adjacent to an activating group) is 1. The molecular weight excluding hydrogens is 143 g/mol. The lowest BCUT2D eigenvalue weighted by atomic mass is 10.4. The van der Waals surface area contributed by atoms with Crippen molar-refractivity contribution in [2.45, 2.75) is 27.1 Å². The van der Waals surface area contributed by atoms with Gasteiger partial charge in [0.25, 0.3) is 0 Å². The summed E-state index contributed by atoms with van der Waals surface area (Å²) >= 11 is 0. The van der Waals surface area contributed by atoms with E-state index in [1.165, 1.54) is 6.92 Å². The Hall–Kier alpha value is -0.150. The molecule has 0 fully saturated rings. The molecule has 0 saturated carbocycles. The Morgan fingerprint density at radius 2 is 1.91 bits per heavy atom. The highest BCUT2D eigenvalue weighted by molar-refractivity contribution is 4.55. The van der Waals surface area contributed by atoms with E-state index >= 15 is 0 Å². The molecule has 0 bridgehead atoms. The van der Waals surface area contributed by atoms with Crippen molar-refractivity contribution in [3.63, 3.8) is 0 Å². The van der Waals surface area contributed by atoms with Crippen molar-refractivity contribution in [2.24, 2.45) is 0 Å². The smallest absolute Gasteiger partial charge is 0.148 e. The van der Waals surface area contributed by atoms with Gasteiger partial charge in [-0.15, -0.1) is 0 Å². The molecule has 0 aliphatic carbocycles. The van der Waals surface area contributed by atoms with Crippen LogP contribution >= 0.6 is 0 Å². The molecule has 0 heterocycles. The van der Waals surface area contributed by atoms with Crippen LogP contribution in [0.2, 0.25) is 0 Å². The largest absolute Gasteiger partial charge is 0.303 e. The maximum atomic E-state index is 12.2. The van der Waals surface area contributed by atoms with Crippen LogP contribution in [0.25, 0.3) is 0 Å². The van der Waals surface area contributed by atoms with Gasteiger partial charge in [0, 0.05) is 13.1 Å². The van der Waals surface area contributed by atoms with Gasteiger partial charge in [-0.05, 0) is 20.0 Å². The molecule has 0 spiro atoms. The van der Waals surface area contributed by atoms with E-state index < -0.39 is 6.30 Å². The van der Waals surface area contributed by atoms with E-state index in [-0.39, 0.29) is 0 Å². The highest BCUT2D eigenvalue weighted by Gasteiger charge is 1.99. The summed E-state index contributed by atoms with van der Waals surface area (Å²) in [6.45, 7) is 9.49. The molecule has 0 aliphatic heterocycles. The zero-order valence-electron chi connectivity index (χ0n) is 7.73. The third-order valence-corrected chi connectivity index (χ3v) is 1.75. The third-order valence-electron chi connectivity index (χ3n) is 1.75. The lowest BCUT2D eigenvalue weighted by Crippen LogP contribution is -2.34. The van der Waals surface area contributed by atoms with Gasteiger partial charge >= 0.3 is 0 Å². The molecule has 1 unspecified atom stereocenters. The summed E-state index contributed by atoms with van der Waals surface area (Å²) < 4.78 is 12.2. The number of alkyl halides is 1. The zero-order valence-corrected chi connectivity index (χ0v) is 7.73. The van der Waals surface area contributed by atoms with Gasteiger partial charge in [-0.3, -0.25) is 5.32 Å². The van der Waals surface area contributed by atoms with Crippen molar-refractivity contribution in [3.8, 4) is 0 Å². The molecule has 68 valence electrons. The standard InChI is InChI=1S/C8H19FN2/c1-4-11(5-2)7-6-10-8(3)9/h8,10H,4-7H2,1-3H3. The molecule has 0 saturated heterocycles. The predicted molar refractivity (Wildman–Crippen MR) is 46.4 cm³/mol. The van der Waals surface area contributed by atoms with Gasteiger partial charge in [0.15, 0.2) is 0 Å². The van der Waals surface area contributed by atoms with E-state index in [2.05, 4.69) is 24.1 Å². The SMILES string of the molecule is CCN(CC)CCNC(C)F. The Bertz CT molecular complexity index is 82.2. The Morgan fingerprint density at radius 3 is 2.27 bits per heavy atom. The first-order chi connectivity index (χ1) is 5.20. The van der Waals surface area contributed by atoms with Gasteiger partial charge in [-0.2, -0.15) is 0 Å². The molecule has 2 nitrogen and oxygen atoms in total. The number of rotatable bonds is 6. The molecule has 0 aromatic carbocycles. The van der Waals surface area contributed by atoms with Crippen LogP contribution in [0.4, 0.5) is 4.39 Å². The van der Waals surface area contributed by atoms with Gasteiger partial charge < -0.3 is 4.90 Å². The fourth-order valence-corrected chi connectivity index (χ4v) is 0.961. The minimum atomic E-state index is -0.884. The predicted octanol–water partition coefficient (Wildman–Crippen LogP) is 1.23. The number of hydrogen-bond donors (Lipinski definition) is 1. The second-order valence-electron chi connectivity index (χ2n) is 2.60. The van der Waals surface area contributed by atoms with Crippen LogP contribution in [0.5, 0.6) is 0 Å². The normalized spacial score (nSPS) is 13.9. The fraction of sp³-hybridized carbons (Fsp3) is 1.00. The summed E-state index contributed by atoms with van der Waals surface area (Å²) in [4.78, 5) is 2.26. The first kappa shape index (κ1) is 10.8. The maximum absolute atomic E-state index is 12.2. The maximum Gasteiger partial charge on any atom is 0.148 e. The third kappa shape index (κ3) is 6.26. The van der Waals surface area contributed by atoms with Crippen molar-refractivity contribution < 1.29 is 4.39 Å². The van der Waals surface area contributed by atoms with Crippen LogP contribution in [0, 0.1) is 0 Å². The summed E-state index contributed by atoms with van der Waals surface area (Å²) in [5.74, 6) is 0. The summed E-state index contributed by atoms with van der Waals surface area (Å²) in [7, 11) is 0. The van der Waals surface area contributed by atoms with Gasteiger partial charge in [-0.1, -0.05) is 13.8 Å². The minimum absolute atomic E-state index is 0.735. The van der Waals surface area contributed by atoms with Crippen molar-refractivity contribution in [1.82, 2.24) is 10.2 Å². The molecule has 0 amide bonds. The van der Waals surface area contributed by atoms with Gasteiger partial charge in [0.05, 0.1) is 0 Å². The Morgan fingerprint density at radius 1 is 1.36 bits per heavy atom. The summed E-state index contributed by atoms with van der Waals surface area (Å²) in [6.07, 6.45) is -0.884. The van der Waals surface area contributed by atoms with E-state index in [1.807, 2.05) is 0 Å². The number of halogens is 1. The quantitative estimate of drug-likeness (QED) is 0.591. The van der Waals surface area contributed by atoms with E-state index in [0.29, 0.717) is 0 Å². The number of nitrogens with zero attached hydrogens (tertiary/aromatic N) is 1. The Labute approximate surface area is 68.8 Å². The molecule has 11 heavy (non-hydrogen) atoms. The monoisotopic (exact) mass is 162 g/mol. The van der Waals surface area contributed by atoms with E-state index in [9.17, 15) is 4.39 Å². The van der Waals surface area contributed by atoms with E-state index in [0.717, 1.165) is 26.2 Å². The molecule has 0 rings (SSSR count). The van der Waals surface area contributed by atoms with Crippen molar-refractivity contribution in [3.05, 3.63) is 0 Å². The van der Waals surface area contributed by atoms with Crippen molar-refractivity contribution in [2.75, 3.05) is 26.2 Å². The van der Waals surface area contributed by atoms with Gasteiger partial charge in [-0.25, -0.2) is 4.39 Å². The number of nitrogens with one attached hydrogen (secondary N) is 1. The molecule has 3 heteroatoms. The van der Waals surface area contributed by atoms with E-state index in [1.54, 1.807) is 0 Å². The highest BCUT2D eigenvalue weighted by atomic mass is 19.1. The Kier molecular flexibility index (Phi) is 6.46. The van der Waals surface area contributed by atoms with Crippen LogP contribution in [0.1, 0.15) is 20.8 Å². The van der Waals surface area contributed by atoms with Gasteiger partial charge in [0.2, 0.25) is 0 Å². The molecule has 1 N–H and O–H groups in total. The average Bonchev–Trinajstić information content (AvgIpc) is 1.98. The molecular formula is C8H19FN2. The van der Waals surface area contributed by atoms with Crippen LogP contribution in [0.15, 0.2) is 0 Å². The Balaban J connectivity index is 3.21. The zero-order chi connectivity index (χ0) is 8.69. The molecule has 0 aromatic rings. The number of hydrogen-bond acceptors (Lipinski definition) is 2. The van der Waals surface area contributed by atoms with Crippen LogP contribution in [-0.4, -0.2) is 37.4 Å². The van der Waals surface area contributed by atoms with Gasteiger partial charge in [0.1, 0.15) is 6.30 Å². The average molecular weight is 162 g/mol. The molecule has 0 radical (unpaired) electrons. The molecule has 0 aromatic heterocycles. The summed E-state index contributed by atoms with van der Waals surface area (Å²) in [6, 6.07) is 0. The highest BCUT2D eigenvalue weighted by Crippen LogP contribution is 1.85. The van der Waals surface area contributed by atoms with Crippen molar-refractivity contribution >= 4 is 0 Å². The van der Waals surface area contributed by atoms with Crippen molar-refractivity contribution in [1.29, 1.82) is 0 Å². The second kappa shape index (κ2) is 6.55. The van der Waals surface area contributed by atoms with Crippen LogP contribution in [-0.2, 0) is 0 Å².